The second kappa shape index (κ2) is 5.35. The molecule has 15 heavy (non-hydrogen) atoms. The van der Waals surface area contributed by atoms with Crippen LogP contribution in [0.4, 0.5) is 0 Å². The van der Waals surface area contributed by atoms with Crippen molar-refractivity contribution >= 4 is 5.91 Å². The van der Waals surface area contributed by atoms with Gasteiger partial charge < -0.3 is 5.32 Å². The normalized spacial score (nSPS) is 12.2. The van der Waals surface area contributed by atoms with Crippen LogP contribution in [0, 0.1) is 5.92 Å². The highest BCUT2D eigenvalue weighted by molar-refractivity contribution is 5.87. The molecule has 1 atom stereocenters. The van der Waals surface area contributed by atoms with Gasteiger partial charge >= 0.3 is 0 Å². The summed E-state index contributed by atoms with van der Waals surface area (Å²) in [6.45, 7) is 7.62. The van der Waals surface area contributed by atoms with Gasteiger partial charge in [0, 0.05) is 0 Å². The van der Waals surface area contributed by atoms with Crippen molar-refractivity contribution in [3.05, 3.63) is 48.6 Å². The summed E-state index contributed by atoms with van der Waals surface area (Å²) >= 11 is 0. The minimum absolute atomic E-state index is 0.0525. The minimum Gasteiger partial charge on any atom is -0.346 e. The van der Waals surface area contributed by atoms with Crippen LogP contribution in [0.15, 0.2) is 43.0 Å². The molecule has 0 aliphatic heterocycles. The molecule has 80 valence electrons. The lowest BCUT2D eigenvalue weighted by molar-refractivity contribution is -0.117. The van der Waals surface area contributed by atoms with Gasteiger partial charge in [0.15, 0.2) is 0 Å². The molecule has 0 saturated heterocycles. The lowest BCUT2D eigenvalue weighted by Gasteiger charge is -2.22. The molecular formula is C13H17NO. The quantitative estimate of drug-likeness (QED) is 0.749. The van der Waals surface area contributed by atoms with E-state index in [1.54, 1.807) is 0 Å². The van der Waals surface area contributed by atoms with Crippen molar-refractivity contribution < 1.29 is 4.79 Å². The third-order valence-electron chi connectivity index (χ3n) is 2.31. The molecule has 0 bridgehead atoms. The molecule has 0 aliphatic rings. The van der Waals surface area contributed by atoms with E-state index in [0.29, 0.717) is 5.92 Å². The highest BCUT2D eigenvalue weighted by Gasteiger charge is 2.16. The van der Waals surface area contributed by atoms with E-state index in [2.05, 4.69) is 25.7 Å². The van der Waals surface area contributed by atoms with Gasteiger partial charge in [0.1, 0.15) is 0 Å². The second-order valence-corrected chi connectivity index (χ2v) is 3.85. The molecule has 1 aromatic rings. The molecule has 0 radical (unpaired) electrons. The number of carbonyl (C=O) groups excluding carboxylic acids is 1. The zero-order chi connectivity index (χ0) is 11.3. The average Bonchev–Trinajstić information content (AvgIpc) is 2.26. The summed E-state index contributed by atoms with van der Waals surface area (Å²) in [7, 11) is 0. The largest absolute Gasteiger partial charge is 0.346 e. The Labute approximate surface area is 91.0 Å². The summed E-state index contributed by atoms with van der Waals surface area (Å²) in [4.78, 5) is 11.3. The maximum absolute atomic E-state index is 11.3. The Hall–Kier alpha value is -1.57. The van der Waals surface area contributed by atoms with Crippen molar-refractivity contribution in [3.63, 3.8) is 0 Å². The molecule has 2 nitrogen and oxygen atoms in total. The molecule has 1 aromatic carbocycles. The Morgan fingerprint density at radius 1 is 1.33 bits per heavy atom. The fourth-order valence-corrected chi connectivity index (χ4v) is 1.51. The van der Waals surface area contributed by atoms with Crippen LogP contribution in [0.25, 0.3) is 0 Å². The van der Waals surface area contributed by atoms with Crippen LogP contribution in [0.1, 0.15) is 25.5 Å². The van der Waals surface area contributed by atoms with Gasteiger partial charge in [0.05, 0.1) is 6.04 Å². The van der Waals surface area contributed by atoms with E-state index < -0.39 is 0 Å². The van der Waals surface area contributed by atoms with E-state index in [1.807, 2.05) is 30.3 Å². The molecule has 0 aliphatic carbocycles. The molecular weight excluding hydrogens is 186 g/mol. The first-order chi connectivity index (χ1) is 7.15. The van der Waals surface area contributed by atoms with Crippen molar-refractivity contribution in [1.29, 1.82) is 0 Å². The number of carbonyl (C=O) groups is 1. The lowest BCUT2D eigenvalue weighted by atomic mass is 9.96. The van der Waals surface area contributed by atoms with E-state index in [4.69, 9.17) is 0 Å². The van der Waals surface area contributed by atoms with E-state index in [-0.39, 0.29) is 11.9 Å². The first kappa shape index (κ1) is 11.5. The maximum atomic E-state index is 11.3. The smallest absolute Gasteiger partial charge is 0.243 e. The number of benzene rings is 1. The Bertz CT molecular complexity index is 330. The van der Waals surface area contributed by atoms with E-state index in [9.17, 15) is 4.79 Å². The van der Waals surface area contributed by atoms with Crippen LogP contribution in [0.5, 0.6) is 0 Å². The number of hydrogen-bond acceptors (Lipinski definition) is 1. The summed E-state index contributed by atoms with van der Waals surface area (Å²) in [5.41, 5.74) is 1.13. The van der Waals surface area contributed by atoms with Crippen LogP contribution in [-0.4, -0.2) is 5.91 Å². The molecule has 0 spiro atoms. The summed E-state index contributed by atoms with van der Waals surface area (Å²) in [5.74, 6) is 0.230. The zero-order valence-electron chi connectivity index (χ0n) is 9.23. The highest BCUT2D eigenvalue weighted by Crippen LogP contribution is 2.20. The number of amides is 1. The summed E-state index contributed by atoms with van der Waals surface area (Å²) < 4.78 is 0. The number of rotatable bonds is 4. The van der Waals surface area contributed by atoms with Crippen molar-refractivity contribution in [3.8, 4) is 0 Å². The van der Waals surface area contributed by atoms with Gasteiger partial charge in [-0.2, -0.15) is 0 Å². The lowest BCUT2D eigenvalue weighted by Crippen LogP contribution is -2.30. The molecule has 2 heteroatoms. The van der Waals surface area contributed by atoms with Gasteiger partial charge in [-0.25, -0.2) is 0 Å². The van der Waals surface area contributed by atoms with Gasteiger partial charge in [-0.05, 0) is 17.6 Å². The Morgan fingerprint density at radius 3 is 2.40 bits per heavy atom. The average molecular weight is 203 g/mol. The topological polar surface area (TPSA) is 29.1 Å². The summed E-state index contributed by atoms with van der Waals surface area (Å²) in [6, 6.07) is 10.0. The molecule has 0 heterocycles. The Balaban J connectivity index is 2.84. The predicted molar refractivity (Wildman–Crippen MR) is 62.4 cm³/mol. The molecule has 1 unspecified atom stereocenters. The van der Waals surface area contributed by atoms with Crippen molar-refractivity contribution in [2.45, 2.75) is 19.9 Å². The van der Waals surface area contributed by atoms with Crippen LogP contribution in [0.3, 0.4) is 0 Å². The van der Waals surface area contributed by atoms with Gasteiger partial charge in [0.2, 0.25) is 5.91 Å². The second-order valence-electron chi connectivity index (χ2n) is 3.85. The molecule has 1 N–H and O–H groups in total. The first-order valence-corrected chi connectivity index (χ1v) is 5.13. The molecule has 0 aromatic heterocycles. The summed E-state index contributed by atoms with van der Waals surface area (Å²) in [5, 5.41) is 2.93. The zero-order valence-corrected chi connectivity index (χ0v) is 9.23. The van der Waals surface area contributed by atoms with Gasteiger partial charge in [-0.3, -0.25) is 4.79 Å². The third-order valence-corrected chi connectivity index (χ3v) is 2.31. The Kier molecular flexibility index (Phi) is 4.10. The standard InChI is InChI=1S/C13H17NO/c1-4-12(15)14-13(10(2)3)11-8-6-5-7-9-11/h4-10,13H,1H2,2-3H3,(H,14,15). The van der Waals surface area contributed by atoms with Gasteiger partial charge in [0.25, 0.3) is 0 Å². The van der Waals surface area contributed by atoms with E-state index >= 15 is 0 Å². The minimum atomic E-state index is -0.127. The number of nitrogens with one attached hydrogen (secondary N) is 1. The van der Waals surface area contributed by atoms with E-state index in [0.717, 1.165) is 5.56 Å². The van der Waals surface area contributed by atoms with Crippen LogP contribution in [0.2, 0.25) is 0 Å². The molecule has 0 saturated carbocycles. The highest BCUT2D eigenvalue weighted by atomic mass is 16.1. The van der Waals surface area contributed by atoms with Crippen molar-refractivity contribution in [1.82, 2.24) is 5.32 Å². The van der Waals surface area contributed by atoms with E-state index in [1.165, 1.54) is 6.08 Å². The fourth-order valence-electron chi connectivity index (χ4n) is 1.51. The maximum Gasteiger partial charge on any atom is 0.243 e. The van der Waals surface area contributed by atoms with Gasteiger partial charge in [-0.15, -0.1) is 0 Å². The van der Waals surface area contributed by atoms with Crippen LogP contribution >= 0.6 is 0 Å². The number of hydrogen-bond donors (Lipinski definition) is 1. The Morgan fingerprint density at radius 2 is 1.93 bits per heavy atom. The molecule has 1 amide bonds. The predicted octanol–water partition coefficient (Wildman–Crippen LogP) is 2.69. The van der Waals surface area contributed by atoms with Crippen molar-refractivity contribution in [2.24, 2.45) is 5.92 Å². The monoisotopic (exact) mass is 203 g/mol. The summed E-state index contributed by atoms with van der Waals surface area (Å²) in [6.07, 6.45) is 1.30. The SMILES string of the molecule is C=CC(=O)NC(c1ccccc1)C(C)C. The van der Waals surface area contributed by atoms with Gasteiger partial charge in [-0.1, -0.05) is 50.8 Å². The third kappa shape index (κ3) is 3.24. The fraction of sp³-hybridized carbons (Fsp3) is 0.308. The molecule has 0 fully saturated rings. The first-order valence-electron chi connectivity index (χ1n) is 5.13. The van der Waals surface area contributed by atoms with Crippen molar-refractivity contribution in [2.75, 3.05) is 0 Å². The molecule has 1 rings (SSSR count). The van der Waals surface area contributed by atoms with Crippen LogP contribution < -0.4 is 5.32 Å². The van der Waals surface area contributed by atoms with Crippen LogP contribution in [-0.2, 0) is 4.79 Å².